The summed E-state index contributed by atoms with van der Waals surface area (Å²) < 4.78 is 0. The minimum absolute atomic E-state index is 0.105. The zero-order valence-electron chi connectivity index (χ0n) is 12.0. The number of hydrogen-bond acceptors (Lipinski definition) is 2. The Morgan fingerprint density at radius 1 is 1.00 bits per heavy atom. The molecule has 0 spiro atoms. The van der Waals surface area contributed by atoms with Crippen LogP contribution >= 0.6 is 0 Å². The fourth-order valence-corrected chi connectivity index (χ4v) is 2.91. The van der Waals surface area contributed by atoms with Crippen molar-refractivity contribution < 1.29 is 0 Å². The Labute approximate surface area is 121 Å². The van der Waals surface area contributed by atoms with Crippen molar-refractivity contribution in [3.8, 4) is 0 Å². The van der Waals surface area contributed by atoms with E-state index in [-0.39, 0.29) is 6.04 Å². The monoisotopic (exact) mass is 266 g/mol. The molecule has 2 nitrogen and oxygen atoms in total. The largest absolute Gasteiger partial charge is 0.367 e. The van der Waals surface area contributed by atoms with Crippen molar-refractivity contribution in [1.82, 2.24) is 0 Å². The summed E-state index contributed by atoms with van der Waals surface area (Å²) in [5.74, 6) is 0. The van der Waals surface area contributed by atoms with Gasteiger partial charge in [0.1, 0.15) is 0 Å². The first-order valence-corrected chi connectivity index (χ1v) is 7.41. The van der Waals surface area contributed by atoms with E-state index in [1.54, 1.807) is 0 Å². The van der Waals surface area contributed by atoms with Gasteiger partial charge in [0.15, 0.2) is 0 Å². The van der Waals surface area contributed by atoms with Gasteiger partial charge >= 0.3 is 0 Å². The van der Waals surface area contributed by atoms with Gasteiger partial charge in [0.2, 0.25) is 0 Å². The quantitative estimate of drug-likeness (QED) is 0.899. The third-order valence-electron chi connectivity index (χ3n) is 4.14. The minimum Gasteiger partial charge on any atom is -0.367 e. The summed E-state index contributed by atoms with van der Waals surface area (Å²) >= 11 is 0. The lowest BCUT2D eigenvalue weighted by atomic mass is 10.0. The fourth-order valence-electron chi connectivity index (χ4n) is 2.91. The zero-order valence-corrected chi connectivity index (χ0v) is 12.0. The molecular formula is C18H22N2. The topological polar surface area (TPSA) is 29.3 Å². The van der Waals surface area contributed by atoms with Crippen molar-refractivity contribution in [3.05, 3.63) is 65.2 Å². The van der Waals surface area contributed by atoms with Crippen LogP contribution in [0.5, 0.6) is 0 Å². The molecule has 1 unspecified atom stereocenters. The van der Waals surface area contributed by atoms with Crippen LogP contribution in [0.2, 0.25) is 0 Å². The standard InChI is InChI=1S/C18H22N2/c1-14(19)15-8-10-18(11-9-15)20-12-4-7-16-5-2-3-6-17(16)13-20/h2-3,5-6,8-11,14H,4,7,12-13,19H2,1H3. The van der Waals surface area contributed by atoms with Gasteiger partial charge in [-0.3, -0.25) is 0 Å². The molecule has 0 amide bonds. The van der Waals surface area contributed by atoms with Crippen molar-refractivity contribution in [2.45, 2.75) is 32.4 Å². The summed E-state index contributed by atoms with van der Waals surface area (Å²) in [5.41, 5.74) is 11.4. The summed E-state index contributed by atoms with van der Waals surface area (Å²) in [6.45, 7) is 4.15. The summed E-state index contributed by atoms with van der Waals surface area (Å²) in [6, 6.07) is 17.6. The van der Waals surface area contributed by atoms with Crippen molar-refractivity contribution in [3.63, 3.8) is 0 Å². The van der Waals surface area contributed by atoms with Gasteiger partial charge < -0.3 is 10.6 Å². The molecule has 0 bridgehead atoms. The first kappa shape index (κ1) is 13.2. The van der Waals surface area contributed by atoms with Gasteiger partial charge in [-0.15, -0.1) is 0 Å². The lowest BCUT2D eigenvalue weighted by Crippen LogP contribution is -2.22. The van der Waals surface area contributed by atoms with Crippen LogP contribution in [0.1, 0.15) is 36.1 Å². The molecule has 1 heterocycles. The van der Waals surface area contributed by atoms with E-state index in [4.69, 9.17) is 5.73 Å². The second kappa shape index (κ2) is 5.68. The molecule has 0 radical (unpaired) electrons. The molecule has 1 aliphatic heterocycles. The lowest BCUT2D eigenvalue weighted by molar-refractivity contribution is 0.764. The highest BCUT2D eigenvalue weighted by molar-refractivity contribution is 5.49. The molecule has 20 heavy (non-hydrogen) atoms. The molecule has 2 aromatic rings. The Kier molecular flexibility index (Phi) is 3.75. The van der Waals surface area contributed by atoms with E-state index >= 15 is 0 Å². The van der Waals surface area contributed by atoms with E-state index in [2.05, 4.69) is 53.4 Å². The van der Waals surface area contributed by atoms with Crippen LogP contribution in [-0.2, 0) is 13.0 Å². The number of anilines is 1. The lowest BCUT2D eigenvalue weighted by Gasteiger charge is -2.23. The molecule has 1 aliphatic rings. The van der Waals surface area contributed by atoms with E-state index < -0.39 is 0 Å². The van der Waals surface area contributed by atoms with Gasteiger partial charge in [-0.05, 0) is 48.6 Å². The Bertz CT molecular complexity index is 572. The molecule has 0 aliphatic carbocycles. The Morgan fingerprint density at radius 2 is 1.70 bits per heavy atom. The molecule has 0 saturated heterocycles. The van der Waals surface area contributed by atoms with Crippen molar-refractivity contribution >= 4 is 5.69 Å². The van der Waals surface area contributed by atoms with Gasteiger partial charge in [0.25, 0.3) is 0 Å². The third-order valence-corrected chi connectivity index (χ3v) is 4.14. The highest BCUT2D eigenvalue weighted by Gasteiger charge is 2.14. The molecule has 0 fully saturated rings. The van der Waals surface area contributed by atoms with Crippen molar-refractivity contribution in [2.24, 2.45) is 5.73 Å². The van der Waals surface area contributed by atoms with Crippen LogP contribution in [0.15, 0.2) is 48.5 Å². The van der Waals surface area contributed by atoms with E-state index in [9.17, 15) is 0 Å². The van der Waals surface area contributed by atoms with Crippen LogP contribution < -0.4 is 10.6 Å². The number of nitrogens with zero attached hydrogens (tertiary/aromatic N) is 1. The van der Waals surface area contributed by atoms with Gasteiger partial charge in [-0.25, -0.2) is 0 Å². The maximum Gasteiger partial charge on any atom is 0.0432 e. The van der Waals surface area contributed by atoms with Crippen LogP contribution in [0, 0.1) is 0 Å². The number of rotatable bonds is 2. The molecule has 0 saturated carbocycles. The van der Waals surface area contributed by atoms with Crippen molar-refractivity contribution in [2.75, 3.05) is 11.4 Å². The van der Waals surface area contributed by atoms with Gasteiger partial charge in [-0.1, -0.05) is 36.4 Å². The third kappa shape index (κ3) is 2.70. The molecule has 104 valence electrons. The average Bonchev–Trinajstić information content (AvgIpc) is 2.69. The van der Waals surface area contributed by atoms with Gasteiger partial charge in [0.05, 0.1) is 0 Å². The highest BCUT2D eigenvalue weighted by atomic mass is 15.1. The van der Waals surface area contributed by atoms with E-state index in [0.29, 0.717) is 0 Å². The van der Waals surface area contributed by atoms with E-state index in [0.717, 1.165) is 13.1 Å². The highest BCUT2D eigenvalue weighted by Crippen LogP contribution is 2.24. The SMILES string of the molecule is CC(N)c1ccc(N2CCCc3ccccc3C2)cc1. The van der Waals surface area contributed by atoms with Gasteiger partial charge in [0, 0.05) is 24.8 Å². The molecule has 2 heteroatoms. The first-order valence-electron chi connectivity index (χ1n) is 7.41. The average molecular weight is 266 g/mol. The van der Waals surface area contributed by atoms with E-state index in [1.165, 1.54) is 35.2 Å². The predicted octanol–water partition coefficient (Wildman–Crippen LogP) is 3.66. The Hall–Kier alpha value is -1.80. The van der Waals surface area contributed by atoms with Crippen LogP contribution in [-0.4, -0.2) is 6.54 Å². The van der Waals surface area contributed by atoms with Crippen LogP contribution in [0.4, 0.5) is 5.69 Å². The van der Waals surface area contributed by atoms with E-state index in [1.807, 2.05) is 6.92 Å². The molecule has 3 rings (SSSR count). The van der Waals surface area contributed by atoms with Crippen molar-refractivity contribution in [1.29, 1.82) is 0 Å². The molecule has 2 aromatic carbocycles. The molecule has 1 atom stereocenters. The Balaban J connectivity index is 1.84. The number of benzene rings is 2. The summed E-state index contributed by atoms with van der Waals surface area (Å²) in [5, 5.41) is 0. The molecule has 0 aromatic heterocycles. The Morgan fingerprint density at radius 3 is 2.40 bits per heavy atom. The second-order valence-corrected chi connectivity index (χ2v) is 5.67. The number of fused-ring (bicyclic) bond motifs is 1. The number of hydrogen-bond donors (Lipinski definition) is 1. The summed E-state index contributed by atoms with van der Waals surface area (Å²) in [7, 11) is 0. The summed E-state index contributed by atoms with van der Waals surface area (Å²) in [6.07, 6.45) is 2.40. The minimum atomic E-state index is 0.105. The first-order chi connectivity index (χ1) is 9.74. The van der Waals surface area contributed by atoms with Crippen LogP contribution in [0.3, 0.4) is 0 Å². The smallest absolute Gasteiger partial charge is 0.0432 e. The second-order valence-electron chi connectivity index (χ2n) is 5.67. The normalized spacial score (nSPS) is 16.4. The predicted molar refractivity (Wildman–Crippen MR) is 84.9 cm³/mol. The maximum absolute atomic E-state index is 5.92. The molecule has 2 N–H and O–H groups in total. The molecular weight excluding hydrogens is 244 g/mol. The van der Waals surface area contributed by atoms with Crippen LogP contribution in [0.25, 0.3) is 0 Å². The maximum atomic E-state index is 5.92. The summed E-state index contributed by atoms with van der Waals surface area (Å²) in [4.78, 5) is 2.47. The zero-order chi connectivity index (χ0) is 13.9. The fraction of sp³-hybridized carbons (Fsp3) is 0.333. The number of aryl methyl sites for hydroxylation is 1. The number of nitrogens with two attached hydrogens (primary N) is 1. The van der Waals surface area contributed by atoms with Gasteiger partial charge in [-0.2, -0.15) is 0 Å².